The molecule has 0 spiro atoms. The lowest BCUT2D eigenvalue weighted by Gasteiger charge is -2.17. The van der Waals surface area contributed by atoms with Gasteiger partial charge in [-0.3, -0.25) is 0 Å². The van der Waals surface area contributed by atoms with Crippen LogP contribution in [0.3, 0.4) is 0 Å². The van der Waals surface area contributed by atoms with Crippen LogP contribution in [0.25, 0.3) is 0 Å². The molecule has 0 aromatic heterocycles. The molecule has 3 heteroatoms. The van der Waals surface area contributed by atoms with E-state index in [1.165, 1.54) is 12.0 Å². The van der Waals surface area contributed by atoms with E-state index < -0.39 is 0 Å². The summed E-state index contributed by atoms with van der Waals surface area (Å²) in [4.78, 5) is 0. The summed E-state index contributed by atoms with van der Waals surface area (Å²) >= 11 is 5.98. The van der Waals surface area contributed by atoms with E-state index in [0.717, 1.165) is 23.4 Å². The van der Waals surface area contributed by atoms with Gasteiger partial charge >= 0.3 is 0 Å². The predicted octanol–water partition coefficient (Wildman–Crippen LogP) is 2.59. The molecule has 1 aromatic rings. The lowest BCUT2D eigenvalue weighted by Crippen LogP contribution is -2.30. The van der Waals surface area contributed by atoms with Crippen LogP contribution >= 0.6 is 11.6 Å². The number of hydrogen-bond donors (Lipinski definition) is 2. The topological polar surface area (TPSA) is 38.0 Å². The standard InChI is InChI=1S/C13H19ClN2/c1-9-5-11(9)8-16-13(7-15)10-3-2-4-12(14)6-10/h2-4,6,9,11,13,16H,5,7-8,15H2,1H3. The molecule has 1 fully saturated rings. The Kier molecular flexibility index (Phi) is 3.85. The first-order chi connectivity index (χ1) is 7.70. The van der Waals surface area contributed by atoms with Crippen LogP contribution in [0.2, 0.25) is 5.02 Å². The Morgan fingerprint density at radius 1 is 1.56 bits per heavy atom. The summed E-state index contributed by atoms with van der Waals surface area (Å²) in [6.45, 7) is 3.97. The fourth-order valence-electron chi connectivity index (χ4n) is 2.04. The van der Waals surface area contributed by atoms with E-state index >= 15 is 0 Å². The highest BCUT2D eigenvalue weighted by Gasteiger charge is 2.32. The summed E-state index contributed by atoms with van der Waals surface area (Å²) in [6, 6.07) is 8.16. The van der Waals surface area contributed by atoms with E-state index in [4.69, 9.17) is 17.3 Å². The zero-order chi connectivity index (χ0) is 11.5. The first-order valence-electron chi connectivity index (χ1n) is 5.89. The predicted molar refractivity (Wildman–Crippen MR) is 68.5 cm³/mol. The number of nitrogens with two attached hydrogens (primary N) is 1. The molecule has 3 N–H and O–H groups in total. The van der Waals surface area contributed by atoms with Gasteiger partial charge in [-0.25, -0.2) is 0 Å². The number of benzene rings is 1. The lowest BCUT2D eigenvalue weighted by atomic mass is 10.1. The minimum atomic E-state index is 0.228. The van der Waals surface area contributed by atoms with Crippen LogP contribution < -0.4 is 11.1 Å². The van der Waals surface area contributed by atoms with E-state index in [-0.39, 0.29) is 6.04 Å². The van der Waals surface area contributed by atoms with Gasteiger partial charge in [0.25, 0.3) is 0 Å². The fraction of sp³-hybridized carbons (Fsp3) is 0.538. The molecule has 0 saturated heterocycles. The van der Waals surface area contributed by atoms with Crippen molar-refractivity contribution in [1.29, 1.82) is 0 Å². The van der Waals surface area contributed by atoms with E-state index in [0.29, 0.717) is 6.54 Å². The molecule has 0 aliphatic heterocycles. The van der Waals surface area contributed by atoms with E-state index in [1.807, 2.05) is 18.2 Å². The Morgan fingerprint density at radius 3 is 2.88 bits per heavy atom. The Balaban J connectivity index is 1.93. The minimum Gasteiger partial charge on any atom is -0.329 e. The summed E-state index contributed by atoms with van der Waals surface area (Å²) in [5, 5.41) is 4.30. The molecule has 0 heterocycles. The van der Waals surface area contributed by atoms with E-state index in [1.54, 1.807) is 0 Å². The van der Waals surface area contributed by atoms with Crippen molar-refractivity contribution in [2.45, 2.75) is 19.4 Å². The SMILES string of the molecule is CC1CC1CNC(CN)c1cccc(Cl)c1. The molecule has 2 nitrogen and oxygen atoms in total. The second kappa shape index (κ2) is 5.17. The average Bonchev–Trinajstić information content (AvgIpc) is 2.96. The Bertz CT molecular complexity index is 354. The molecular formula is C13H19ClN2. The van der Waals surface area contributed by atoms with E-state index in [2.05, 4.69) is 18.3 Å². The van der Waals surface area contributed by atoms with Crippen LogP contribution in [0.15, 0.2) is 24.3 Å². The van der Waals surface area contributed by atoms with Crippen LogP contribution in [0, 0.1) is 11.8 Å². The van der Waals surface area contributed by atoms with E-state index in [9.17, 15) is 0 Å². The molecule has 2 rings (SSSR count). The van der Waals surface area contributed by atoms with Gasteiger partial charge in [0.2, 0.25) is 0 Å². The number of halogens is 1. The van der Waals surface area contributed by atoms with Crippen molar-refractivity contribution in [2.24, 2.45) is 17.6 Å². The van der Waals surface area contributed by atoms with Crippen LogP contribution in [-0.4, -0.2) is 13.1 Å². The molecule has 3 unspecified atom stereocenters. The molecule has 16 heavy (non-hydrogen) atoms. The van der Waals surface area contributed by atoms with Gasteiger partial charge in [-0.2, -0.15) is 0 Å². The van der Waals surface area contributed by atoms with Crippen LogP contribution in [0.4, 0.5) is 0 Å². The zero-order valence-corrected chi connectivity index (χ0v) is 10.4. The zero-order valence-electron chi connectivity index (χ0n) is 9.62. The highest BCUT2D eigenvalue weighted by Crippen LogP contribution is 2.37. The molecule has 1 aliphatic carbocycles. The highest BCUT2D eigenvalue weighted by atomic mass is 35.5. The van der Waals surface area contributed by atoms with Gasteiger partial charge in [-0.1, -0.05) is 30.7 Å². The maximum absolute atomic E-state index is 5.98. The van der Waals surface area contributed by atoms with Gasteiger partial charge in [-0.15, -0.1) is 0 Å². The van der Waals surface area contributed by atoms with Crippen LogP contribution in [-0.2, 0) is 0 Å². The second-order valence-electron chi connectivity index (χ2n) is 4.72. The third-order valence-electron chi connectivity index (χ3n) is 3.39. The maximum Gasteiger partial charge on any atom is 0.0445 e. The number of hydrogen-bond acceptors (Lipinski definition) is 2. The Labute approximate surface area is 102 Å². The van der Waals surface area contributed by atoms with Crippen molar-refractivity contribution in [3.05, 3.63) is 34.9 Å². The fourth-order valence-corrected chi connectivity index (χ4v) is 2.24. The molecule has 3 atom stereocenters. The van der Waals surface area contributed by atoms with Gasteiger partial charge in [0.15, 0.2) is 0 Å². The van der Waals surface area contributed by atoms with Crippen molar-refractivity contribution >= 4 is 11.6 Å². The molecule has 0 bridgehead atoms. The van der Waals surface area contributed by atoms with Crippen molar-refractivity contribution < 1.29 is 0 Å². The summed E-state index contributed by atoms with van der Waals surface area (Å²) in [5.74, 6) is 1.72. The first-order valence-corrected chi connectivity index (χ1v) is 6.27. The smallest absolute Gasteiger partial charge is 0.0445 e. The molecule has 88 valence electrons. The van der Waals surface area contributed by atoms with Crippen molar-refractivity contribution in [2.75, 3.05) is 13.1 Å². The van der Waals surface area contributed by atoms with Gasteiger partial charge in [0.05, 0.1) is 0 Å². The quantitative estimate of drug-likeness (QED) is 0.828. The van der Waals surface area contributed by atoms with Gasteiger partial charge in [0, 0.05) is 17.6 Å². The Morgan fingerprint density at radius 2 is 2.31 bits per heavy atom. The number of nitrogens with one attached hydrogen (secondary N) is 1. The number of rotatable bonds is 5. The summed E-state index contributed by atoms with van der Waals surface area (Å²) in [6.07, 6.45) is 1.35. The van der Waals surface area contributed by atoms with Crippen LogP contribution in [0.5, 0.6) is 0 Å². The summed E-state index contributed by atoms with van der Waals surface area (Å²) < 4.78 is 0. The molecule has 0 amide bonds. The monoisotopic (exact) mass is 238 g/mol. The summed E-state index contributed by atoms with van der Waals surface area (Å²) in [5.41, 5.74) is 6.97. The average molecular weight is 239 g/mol. The third-order valence-corrected chi connectivity index (χ3v) is 3.62. The van der Waals surface area contributed by atoms with Crippen molar-refractivity contribution in [3.63, 3.8) is 0 Å². The first kappa shape index (κ1) is 11.9. The second-order valence-corrected chi connectivity index (χ2v) is 5.16. The highest BCUT2D eigenvalue weighted by molar-refractivity contribution is 6.30. The third kappa shape index (κ3) is 2.97. The lowest BCUT2D eigenvalue weighted by molar-refractivity contribution is 0.511. The van der Waals surface area contributed by atoms with Crippen molar-refractivity contribution in [3.8, 4) is 0 Å². The molecule has 1 aromatic carbocycles. The van der Waals surface area contributed by atoms with Crippen LogP contribution in [0.1, 0.15) is 24.9 Å². The normalized spacial score (nSPS) is 25.4. The van der Waals surface area contributed by atoms with Crippen molar-refractivity contribution in [1.82, 2.24) is 5.32 Å². The minimum absolute atomic E-state index is 0.228. The summed E-state index contributed by atoms with van der Waals surface area (Å²) in [7, 11) is 0. The largest absolute Gasteiger partial charge is 0.329 e. The van der Waals surface area contributed by atoms with Gasteiger partial charge in [0.1, 0.15) is 0 Å². The molecular weight excluding hydrogens is 220 g/mol. The molecule has 1 aliphatic rings. The van der Waals surface area contributed by atoms with Gasteiger partial charge in [-0.05, 0) is 42.5 Å². The Hall–Kier alpha value is -0.570. The maximum atomic E-state index is 5.98. The van der Waals surface area contributed by atoms with Gasteiger partial charge < -0.3 is 11.1 Å². The molecule has 1 saturated carbocycles. The molecule has 0 radical (unpaired) electrons.